The van der Waals surface area contributed by atoms with Crippen molar-refractivity contribution in [3.05, 3.63) is 0 Å². The van der Waals surface area contributed by atoms with Gasteiger partial charge in [0.05, 0.1) is 11.5 Å². The van der Waals surface area contributed by atoms with Gasteiger partial charge in [0.25, 0.3) is 0 Å². The predicted molar refractivity (Wildman–Crippen MR) is 64.2 cm³/mol. The summed E-state index contributed by atoms with van der Waals surface area (Å²) in [5, 5.41) is 8.80. The molecule has 1 atom stereocenters. The number of hydrogen-bond acceptors (Lipinski definition) is 3. The highest BCUT2D eigenvalue weighted by Gasteiger charge is 2.15. The normalized spacial score (nSPS) is 13.6. The van der Waals surface area contributed by atoms with Gasteiger partial charge in [-0.05, 0) is 39.4 Å². The van der Waals surface area contributed by atoms with E-state index in [9.17, 15) is 0 Å². The van der Waals surface area contributed by atoms with Gasteiger partial charge in [-0.3, -0.25) is 0 Å². The van der Waals surface area contributed by atoms with Crippen molar-refractivity contribution >= 4 is 11.8 Å². The van der Waals surface area contributed by atoms with E-state index in [1.807, 2.05) is 32.5 Å². The Hall–Kier alpha value is -0.200. The largest absolute Gasteiger partial charge is 0.327 e. The number of rotatable bonds is 7. The molecular formula is C11H22N2S. The lowest BCUT2D eigenvalue weighted by atomic mass is 9.89. The molecule has 0 aromatic heterocycles. The van der Waals surface area contributed by atoms with E-state index in [-0.39, 0.29) is 5.41 Å². The fourth-order valence-electron chi connectivity index (χ4n) is 1.10. The van der Waals surface area contributed by atoms with Gasteiger partial charge in [0.15, 0.2) is 0 Å². The number of nitrogens with zero attached hydrogens (tertiary/aromatic N) is 1. The minimum atomic E-state index is -0.147. The number of nitrogens with two attached hydrogens (primary N) is 1. The zero-order valence-electron chi connectivity index (χ0n) is 9.55. The Bertz CT molecular complexity index is 182. The van der Waals surface area contributed by atoms with Crippen LogP contribution in [0, 0.1) is 16.7 Å². The van der Waals surface area contributed by atoms with Crippen molar-refractivity contribution in [3.63, 3.8) is 0 Å². The van der Waals surface area contributed by atoms with E-state index in [1.54, 1.807) is 0 Å². The van der Waals surface area contributed by atoms with Gasteiger partial charge >= 0.3 is 0 Å². The molecule has 1 unspecified atom stereocenters. The number of unbranched alkanes of at least 4 members (excludes halogenated alkanes) is 1. The lowest BCUT2D eigenvalue weighted by Crippen LogP contribution is -2.17. The molecule has 0 saturated heterocycles. The van der Waals surface area contributed by atoms with Crippen LogP contribution in [-0.2, 0) is 0 Å². The molecule has 2 N–H and O–H groups in total. The molecule has 0 heterocycles. The summed E-state index contributed by atoms with van der Waals surface area (Å²) in [5.74, 6) is 2.21. The standard InChI is InChI=1S/C11H22N2S/c1-10(13)8-14-7-5-4-6-11(2,3)9-12/h10H,4-8,13H2,1-3H3. The van der Waals surface area contributed by atoms with Crippen molar-refractivity contribution in [1.82, 2.24) is 0 Å². The van der Waals surface area contributed by atoms with Gasteiger partial charge in [0, 0.05) is 11.8 Å². The molecule has 0 rings (SSSR count). The summed E-state index contributed by atoms with van der Waals surface area (Å²) in [7, 11) is 0. The molecule has 0 aromatic rings. The van der Waals surface area contributed by atoms with Crippen LogP contribution < -0.4 is 5.73 Å². The lowest BCUT2D eigenvalue weighted by Gasteiger charge is -2.14. The number of thioether (sulfide) groups is 1. The van der Waals surface area contributed by atoms with E-state index in [1.165, 1.54) is 12.2 Å². The van der Waals surface area contributed by atoms with Crippen LogP contribution in [0.2, 0.25) is 0 Å². The summed E-state index contributed by atoms with van der Waals surface area (Å²) in [6.07, 6.45) is 3.34. The molecule has 0 aliphatic carbocycles. The third kappa shape index (κ3) is 8.40. The zero-order chi connectivity index (χ0) is 11.0. The van der Waals surface area contributed by atoms with Crippen molar-refractivity contribution in [2.75, 3.05) is 11.5 Å². The first-order chi connectivity index (χ1) is 6.48. The van der Waals surface area contributed by atoms with E-state index < -0.39 is 0 Å². The maximum atomic E-state index is 8.80. The average Bonchev–Trinajstić information content (AvgIpc) is 2.10. The number of hydrogen-bond donors (Lipinski definition) is 1. The maximum Gasteiger partial charge on any atom is 0.0683 e. The highest BCUT2D eigenvalue weighted by Crippen LogP contribution is 2.22. The molecule has 0 aliphatic heterocycles. The van der Waals surface area contributed by atoms with Gasteiger partial charge < -0.3 is 5.73 Å². The van der Waals surface area contributed by atoms with E-state index in [0.717, 1.165) is 18.6 Å². The fraction of sp³-hybridized carbons (Fsp3) is 0.909. The molecule has 0 bridgehead atoms. The predicted octanol–water partition coefficient (Wildman–Crippen LogP) is 2.79. The van der Waals surface area contributed by atoms with Crippen LogP contribution >= 0.6 is 11.8 Å². The van der Waals surface area contributed by atoms with Crippen molar-refractivity contribution in [3.8, 4) is 6.07 Å². The van der Waals surface area contributed by atoms with Gasteiger partial charge in [0.2, 0.25) is 0 Å². The fourth-order valence-corrected chi connectivity index (χ4v) is 2.04. The Labute approximate surface area is 92.2 Å². The zero-order valence-corrected chi connectivity index (χ0v) is 10.4. The second-order valence-electron chi connectivity index (χ2n) is 4.50. The van der Waals surface area contributed by atoms with Crippen molar-refractivity contribution in [1.29, 1.82) is 5.26 Å². The smallest absolute Gasteiger partial charge is 0.0683 e. The van der Waals surface area contributed by atoms with E-state index in [0.29, 0.717) is 6.04 Å². The Morgan fingerprint density at radius 1 is 1.43 bits per heavy atom. The van der Waals surface area contributed by atoms with Crippen LogP contribution in [0.25, 0.3) is 0 Å². The topological polar surface area (TPSA) is 49.8 Å². The number of nitriles is 1. The van der Waals surface area contributed by atoms with Gasteiger partial charge in [-0.15, -0.1) is 0 Å². The molecule has 0 amide bonds. The monoisotopic (exact) mass is 214 g/mol. The highest BCUT2D eigenvalue weighted by molar-refractivity contribution is 7.99. The summed E-state index contributed by atoms with van der Waals surface area (Å²) < 4.78 is 0. The maximum absolute atomic E-state index is 8.80. The van der Waals surface area contributed by atoms with E-state index >= 15 is 0 Å². The SMILES string of the molecule is CC(N)CSCCCCC(C)(C)C#N. The van der Waals surface area contributed by atoms with E-state index in [2.05, 4.69) is 6.07 Å². The molecule has 0 radical (unpaired) electrons. The van der Waals surface area contributed by atoms with Crippen molar-refractivity contribution in [2.24, 2.45) is 11.1 Å². The molecule has 0 aliphatic rings. The second-order valence-corrected chi connectivity index (χ2v) is 5.65. The molecule has 2 nitrogen and oxygen atoms in total. The average molecular weight is 214 g/mol. The van der Waals surface area contributed by atoms with Crippen molar-refractivity contribution in [2.45, 2.75) is 46.1 Å². The quantitative estimate of drug-likeness (QED) is 0.663. The van der Waals surface area contributed by atoms with Crippen molar-refractivity contribution < 1.29 is 0 Å². The van der Waals surface area contributed by atoms with E-state index in [4.69, 9.17) is 11.0 Å². The van der Waals surface area contributed by atoms with Gasteiger partial charge in [-0.25, -0.2) is 0 Å². The summed E-state index contributed by atoms with van der Waals surface area (Å²) in [6, 6.07) is 2.63. The van der Waals surface area contributed by atoms with Gasteiger partial charge in [-0.1, -0.05) is 6.42 Å². The lowest BCUT2D eigenvalue weighted by molar-refractivity contribution is 0.433. The summed E-state index contributed by atoms with van der Waals surface area (Å²) in [6.45, 7) is 6.04. The third-order valence-corrected chi connectivity index (χ3v) is 3.36. The first kappa shape index (κ1) is 13.8. The Morgan fingerprint density at radius 2 is 2.07 bits per heavy atom. The summed E-state index contributed by atoms with van der Waals surface area (Å²) >= 11 is 1.91. The minimum Gasteiger partial charge on any atom is -0.327 e. The molecule has 0 saturated carbocycles. The Kier molecular flexibility index (Phi) is 7.04. The third-order valence-electron chi connectivity index (χ3n) is 2.02. The molecular weight excluding hydrogens is 192 g/mol. The molecule has 0 aromatic carbocycles. The molecule has 82 valence electrons. The van der Waals surface area contributed by atoms with Crippen LogP contribution in [0.4, 0.5) is 0 Å². The molecule has 0 fully saturated rings. The van der Waals surface area contributed by atoms with Crippen LogP contribution in [0.15, 0.2) is 0 Å². The highest BCUT2D eigenvalue weighted by atomic mass is 32.2. The van der Waals surface area contributed by atoms with Crippen LogP contribution in [0.3, 0.4) is 0 Å². The molecule has 0 spiro atoms. The minimum absolute atomic E-state index is 0.147. The Morgan fingerprint density at radius 3 is 2.57 bits per heavy atom. The second kappa shape index (κ2) is 7.14. The first-order valence-corrected chi connectivity index (χ1v) is 6.38. The van der Waals surface area contributed by atoms with Gasteiger partial charge in [-0.2, -0.15) is 17.0 Å². The van der Waals surface area contributed by atoms with Gasteiger partial charge in [0.1, 0.15) is 0 Å². The molecule has 14 heavy (non-hydrogen) atoms. The van der Waals surface area contributed by atoms with Crippen LogP contribution in [0.1, 0.15) is 40.0 Å². The summed E-state index contributed by atoms with van der Waals surface area (Å²) in [4.78, 5) is 0. The molecule has 3 heteroatoms. The Balaban J connectivity index is 3.27. The van der Waals surface area contributed by atoms with Crippen LogP contribution in [0.5, 0.6) is 0 Å². The summed E-state index contributed by atoms with van der Waals surface area (Å²) in [5.41, 5.74) is 5.49. The van der Waals surface area contributed by atoms with Crippen LogP contribution in [-0.4, -0.2) is 17.5 Å². The first-order valence-electron chi connectivity index (χ1n) is 5.22.